The van der Waals surface area contributed by atoms with Crippen molar-refractivity contribution in [3.63, 3.8) is 0 Å². The molecular weight excluding hydrogens is 152 g/mol. The molecule has 0 saturated carbocycles. The Labute approximate surface area is 71.2 Å². The summed E-state index contributed by atoms with van der Waals surface area (Å²) in [5, 5.41) is 9.25. The Hall–Kier alpha value is -1.57. The molecule has 0 bridgehead atoms. The maximum Gasteiger partial charge on any atom is 0.154 e. The van der Waals surface area contributed by atoms with Crippen molar-refractivity contribution in [1.29, 1.82) is 0 Å². The van der Waals surface area contributed by atoms with Crippen LogP contribution in [0.3, 0.4) is 0 Å². The Balaban J connectivity index is 3.17. The molecule has 0 atom stereocenters. The molecule has 0 radical (unpaired) electrons. The van der Waals surface area contributed by atoms with Gasteiger partial charge in [0.05, 0.1) is 5.56 Å². The first-order valence-corrected chi connectivity index (χ1v) is 3.66. The van der Waals surface area contributed by atoms with Gasteiger partial charge in [0.25, 0.3) is 0 Å². The van der Waals surface area contributed by atoms with Gasteiger partial charge in [-0.25, -0.2) is 0 Å². The molecular formula is C10H10O2. The number of hydrogen-bond donors (Lipinski definition) is 1. The van der Waals surface area contributed by atoms with E-state index in [0.717, 1.165) is 5.56 Å². The summed E-state index contributed by atoms with van der Waals surface area (Å²) in [5.74, 6) is 0.0318. The molecule has 0 amide bonds. The molecule has 0 heterocycles. The highest BCUT2D eigenvalue weighted by Gasteiger charge is 2.03. The van der Waals surface area contributed by atoms with Crippen LogP contribution in [0.4, 0.5) is 0 Å². The highest BCUT2D eigenvalue weighted by molar-refractivity contribution is 5.81. The summed E-state index contributed by atoms with van der Waals surface area (Å²) < 4.78 is 0. The highest BCUT2D eigenvalue weighted by Crippen LogP contribution is 2.19. The largest absolute Gasteiger partial charge is 0.507 e. The van der Waals surface area contributed by atoms with Gasteiger partial charge in [-0.3, -0.25) is 4.79 Å². The van der Waals surface area contributed by atoms with Crippen LogP contribution >= 0.6 is 0 Å². The Morgan fingerprint density at radius 1 is 1.50 bits per heavy atom. The highest BCUT2D eigenvalue weighted by atomic mass is 16.3. The molecule has 12 heavy (non-hydrogen) atoms. The van der Waals surface area contributed by atoms with E-state index in [2.05, 4.69) is 6.58 Å². The second-order valence-electron chi connectivity index (χ2n) is 2.46. The summed E-state index contributed by atoms with van der Waals surface area (Å²) in [5.41, 5.74) is 1.16. The average molecular weight is 162 g/mol. The molecule has 0 saturated heterocycles. The molecule has 2 heteroatoms. The molecule has 1 N–H and O–H groups in total. The second kappa shape index (κ2) is 3.72. The lowest BCUT2D eigenvalue weighted by atomic mass is 10.0. The Morgan fingerprint density at radius 2 is 2.25 bits per heavy atom. The minimum Gasteiger partial charge on any atom is -0.507 e. The van der Waals surface area contributed by atoms with Crippen molar-refractivity contribution in [3.8, 4) is 5.75 Å². The van der Waals surface area contributed by atoms with Crippen LogP contribution in [0.2, 0.25) is 0 Å². The lowest BCUT2D eigenvalue weighted by Crippen LogP contribution is -1.90. The summed E-state index contributed by atoms with van der Waals surface area (Å²) in [6.07, 6.45) is 2.96. The van der Waals surface area contributed by atoms with E-state index in [4.69, 9.17) is 0 Å². The van der Waals surface area contributed by atoms with Gasteiger partial charge in [0.2, 0.25) is 0 Å². The predicted octanol–water partition coefficient (Wildman–Crippen LogP) is 1.93. The van der Waals surface area contributed by atoms with E-state index in [9.17, 15) is 9.90 Å². The average Bonchev–Trinajstić information content (AvgIpc) is 2.05. The van der Waals surface area contributed by atoms with E-state index in [1.807, 2.05) is 0 Å². The molecule has 0 fully saturated rings. The normalized spacial score (nSPS) is 9.33. The van der Waals surface area contributed by atoms with Gasteiger partial charge in [-0.05, 0) is 18.1 Å². The third kappa shape index (κ3) is 1.53. The van der Waals surface area contributed by atoms with Crippen LogP contribution in [0.5, 0.6) is 5.75 Å². The fourth-order valence-electron chi connectivity index (χ4n) is 1.07. The Kier molecular flexibility index (Phi) is 2.64. The van der Waals surface area contributed by atoms with E-state index in [1.165, 1.54) is 6.07 Å². The molecule has 0 aliphatic carbocycles. The maximum atomic E-state index is 10.5. The summed E-state index contributed by atoms with van der Waals surface area (Å²) in [6.45, 7) is 3.56. The van der Waals surface area contributed by atoms with E-state index >= 15 is 0 Å². The molecule has 1 rings (SSSR count). The number of aromatic hydroxyl groups is 1. The van der Waals surface area contributed by atoms with Crippen LogP contribution in [-0.4, -0.2) is 11.4 Å². The van der Waals surface area contributed by atoms with Crippen molar-refractivity contribution in [3.05, 3.63) is 42.0 Å². The van der Waals surface area contributed by atoms with Crippen LogP contribution in [0.15, 0.2) is 30.9 Å². The van der Waals surface area contributed by atoms with Crippen molar-refractivity contribution in [2.75, 3.05) is 0 Å². The minimum atomic E-state index is 0.0318. The van der Waals surface area contributed by atoms with Gasteiger partial charge >= 0.3 is 0 Å². The first-order chi connectivity index (χ1) is 5.79. The minimum absolute atomic E-state index is 0.0318. The van der Waals surface area contributed by atoms with E-state index < -0.39 is 0 Å². The van der Waals surface area contributed by atoms with Crippen molar-refractivity contribution in [2.24, 2.45) is 0 Å². The van der Waals surface area contributed by atoms with Crippen molar-refractivity contribution in [1.82, 2.24) is 0 Å². The fourth-order valence-corrected chi connectivity index (χ4v) is 1.07. The molecule has 0 spiro atoms. The van der Waals surface area contributed by atoms with E-state index in [-0.39, 0.29) is 5.75 Å². The number of rotatable bonds is 3. The number of aldehydes is 1. The standard InChI is InChI=1S/C10H10O2/c1-2-4-8-5-3-6-10(12)9(8)7-11/h2-3,5-7,12H,1,4H2. The zero-order valence-corrected chi connectivity index (χ0v) is 6.66. The molecule has 0 aliphatic heterocycles. The summed E-state index contributed by atoms with van der Waals surface area (Å²) >= 11 is 0. The van der Waals surface area contributed by atoms with Crippen molar-refractivity contribution >= 4 is 6.29 Å². The molecule has 0 aliphatic rings. The van der Waals surface area contributed by atoms with Crippen molar-refractivity contribution in [2.45, 2.75) is 6.42 Å². The van der Waals surface area contributed by atoms with Gasteiger partial charge in [0, 0.05) is 0 Å². The first kappa shape index (κ1) is 8.53. The summed E-state index contributed by atoms with van der Waals surface area (Å²) in [6, 6.07) is 5.00. The van der Waals surface area contributed by atoms with E-state index in [0.29, 0.717) is 18.3 Å². The van der Waals surface area contributed by atoms with Gasteiger partial charge < -0.3 is 5.11 Å². The van der Waals surface area contributed by atoms with Crippen LogP contribution in [0, 0.1) is 0 Å². The quantitative estimate of drug-likeness (QED) is 0.544. The number of carbonyl (C=O) groups excluding carboxylic acids is 1. The van der Waals surface area contributed by atoms with Crippen LogP contribution in [0.1, 0.15) is 15.9 Å². The first-order valence-electron chi connectivity index (χ1n) is 3.66. The molecule has 2 nitrogen and oxygen atoms in total. The number of hydrogen-bond acceptors (Lipinski definition) is 2. The van der Waals surface area contributed by atoms with Crippen LogP contribution in [0.25, 0.3) is 0 Å². The third-order valence-electron chi connectivity index (χ3n) is 1.66. The van der Waals surface area contributed by atoms with Gasteiger partial charge in [0.1, 0.15) is 5.75 Å². The predicted molar refractivity (Wildman–Crippen MR) is 47.4 cm³/mol. The zero-order chi connectivity index (χ0) is 8.97. The van der Waals surface area contributed by atoms with Crippen LogP contribution < -0.4 is 0 Å². The zero-order valence-electron chi connectivity index (χ0n) is 6.66. The lowest BCUT2D eigenvalue weighted by molar-refractivity contribution is 0.112. The maximum absolute atomic E-state index is 10.5. The van der Waals surface area contributed by atoms with Gasteiger partial charge in [-0.2, -0.15) is 0 Å². The number of carbonyl (C=O) groups is 1. The number of allylic oxidation sites excluding steroid dienone is 1. The van der Waals surface area contributed by atoms with E-state index in [1.54, 1.807) is 18.2 Å². The van der Waals surface area contributed by atoms with Crippen LogP contribution in [-0.2, 0) is 6.42 Å². The summed E-state index contributed by atoms with van der Waals surface area (Å²) in [7, 11) is 0. The number of phenols is 1. The fraction of sp³-hybridized carbons (Fsp3) is 0.100. The Morgan fingerprint density at radius 3 is 2.83 bits per heavy atom. The van der Waals surface area contributed by atoms with Gasteiger partial charge in [-0.1, -0.05) is 18.2 Å². The third-order valence-corrected chi connectivity index (χ3v) is 1.66. The SMILES string of the molecule is C=CCc1cccc(O)c1C=O. The second-order valence-corrected chi connectivity index (χ2v) is 2.46. The molecule has 1 aromatic carbocycles. The summed E-state index contributed by atoms with van der Waals surface area (Å²) in [4.78, 5) is 10.5. The van der Waals surface area contributed by atoms with Gasteiger partial charge in [0.15, 0.2) is 6.29 Å². The molecule has 1 aromatic rings. The number of benzene rings is 1. The number of phenolic OH excluding ortho intramolecular Hbond substituents is 1. The Bertz CT molecular complexity index is 303. The lowest BCUT2D eigenvalue weighted by Gasteiger charge is -2.02. The monoisotopic (exact) mass is 162 g/mol. The smallest absolute Gasteiger partial charge is 0.154 e. The molecule has 62 valence electrons. The van der Waals surface area contributed by atoms with Crippen molar-refractivity contribution < 1.29 is 9.90 Å². The molecule has 0 unspecified atom stereocenters. The topological polar surface area (TPSA) is 37.3 Å². The van der Waals surface area contributed by atoms with Gasteiger partial charge in [-0.15, -0.1) is 6.58 Å². The molecule has 0 aromatic heterocycles.